The molecule has 8 nitrogen and oxygen atoms in total. The highest BCUT2D eigenvalue weighted by Crippen LogP contribution is 2.33. The minimum atomic E-state index is -0.582. The minimum absolute atomic E-state index is 0.234. The molecule has 1 aliphatic rings. The highest BCUT2D eigenvalue weighted by Gasteiger charge is 2.16. The zero-order valence-corrected chi connectivity index (χ0v) is 18.3. The van der Waals surface area contributed by atoms with Gasteiger partial charge in [-0.1, -0.05) is 36.4 Å². The molecule has 0 unspecified atom stereocenters. The molecule has 8 heteroatoms. The van der Waals surface area contributed by atoms with Gasteiger partial charge in [0.15, 0.2) is 11.5 Å². The summed E-state index contributed by atoms with van der Waals surface area (Å²) in [5.41, 5.74) is 3.35. The minimum Gasteiger partial charge on any atom is -0.454 e. The zero-order valence-electron chi connectivity index (χ0n) is 18.3. The van der Waals surface area contributed by atoms with Crippen molar-refractivity contribution in [3.05, 3.63) is 104 Å². The predicted octanol–water partition coefficient (Wildman–Crippen LogP) is 3.61. The van der Waals surface area contributed by atoms with E-state index in [0.717, 1.165) is 43.9 Å². The van der Waals surface area contributed by atoms with Gasteiger partial charge in [0.25, 0.3) is 5.56 Å². The fraction of sp³-hybridized carbons (Fsp3) is 0.115. The van der Waals surface area contributed by atoms with Gasteiger partial charge in [-0.05, 0) is 42.8 Å². The second kappa shape index (κ2) is 7.77. The van der Waals surface area contributed by atoms with Gasteiger partial charge in [-0.3, -0.25) is 4.79 Å². The number of ether oxygens (including phenoxy) is 2. The summed E-state index contributed by atoms with van der Waals surface area (Å²) < 4.78 is 14.0. The molecule has 0 saturated heterocycles. The smallest absolute Gasteiger partial charge is 0.349 e. The van der Waals surface area contributed by atoms with Crippen LogP contribution in [0.15, 0.2) is 81.4 Å². The first kappa shape index (κ1) is 20.0. The maximum absolute atomic E-state index is 12.9. The van der Waals surface area contributed by atoms with Crippen molar-refractivity contribution in [2.24, 2.45) is 5.10 Å². The number of nitrogens with zero attached hydrogens (tertiary/aromatic N) is 3. The summed E-state index contributed by atoms with van der Waals surface area (Å²) in [5, 5.41) is 5.67. The number of nitrogens with one attached hydrogen (secondary N) is 1. The SMILES string of the molecule is Cc1c(C=Nn2c(=O)[nH]c3ccccc3c2=O)c2ccccc2n1Cc1ccc2c(c1)OCO2. The Kier molecular flexibility index (Phi) is 4.58. The van der Waals surface area contributed by atoms with E-state index in [1.165, 1.54) is 0 Å². The van der Waals surface area contributed by atoms with Crippen LogP contribution in [0.1, 0.15) is 16.8 Å². The molecule has 0 fully saturated rings. The Bertz CT molecular complexity index is 1730. The van der Waals surface area contributed by atoms with E-state index in [9.17, 15) is 9.59 Å². The number of benzene rings is 3. The van der Waals surface area contributed by atoms with Crippen LogP contribution in [0.2, 0.25) is 0 Å². The lowest BCUT2D eigenvalue weighted by Gasteiger charge is -2.09. The predicted molar refractivity (Wildman–Crippen MR) is 130 cm³/mol. The number of hydrogen-bond donors (Lipinski definition) is 1. The molecule has 0 spiro atoms. The Morgan fingerprint density at radius 2 is 1.74 bits per heavy atom. The molecule has 0 atom stereocenters. The topological polar surface area (TPSA) is 90.6 Å². The quantitative estimate of drug-likeness (QED) is 0.422. The monoisotopic (exact) mass is 452 g/mol. The normalized spacial score (nSPS) is 12.9. The summed E-state index contributed by atoms with van der Waals surface area (Å²) in [6, 6.07) is 20.8. The molecule has 6 rings (SSSR count). The molecule has 0 aliphatic carbocycles. The lowest BCUT2D eigenvalue weighted by atomic mass is 10.1. The van der Waals surface area contributed by atoms with Crippen LogP contribution in [0, 0.1) is 6.92 Å². The summed E-state index contributed by atoms with van der Waals surface area (Å²) in [7, 11) is 0. The molecule has 1 aliphatic heterocycles. The molecule has 0 saturated carbocycles. The van der Waals surface area contributed by atoms with Crippen molar-refractivity contribution < 1.29 is 9.47 Å². The maximum atomic E-state index is 12.9. The number of para-hydroxylation sites is 2. The van der Waals surface area contributed by atoms with E-state index in [0.29, 0.717) is 17.4 Å². The number of H-pyrrole nitrogens is 1. The van der Waals surface area contributed by atoms with Crippen molar-refractivity contribution in [2.45, 2.75) is 13.5 Å². The van der Waals surface area contributed by atoms with Crippen LogP contribution in [0.25, 0.3) is 21.8 Å². The molecule has 0 amide bonds. The first-order valence-electron chi connectivity index (χ1n) is 10.8. The number of rotatable bonds is 4. The van der Waals surface area contributed by atoms with Crippen LogP contribution in [-0.2, 0) is 6.54 Å². The van der Waals surface area contributed by atoms with E-state index >= 15 is 0 Å². The molecule has 5 aromatic rings. The van der Waals surface area contributed by atoms with E-state index in [1.807, 2.05) is 49.4 Å². The molecule has 1 N–H and O–H groups in total. The number of fused-ring (bicyclic) bond motifs is 3. The summed E-state index contributed by atoms with van der Waals surface area (Å²) in [5.74, 6) is 1.49. The average Bonchev–Trinajstić information content (AvgIpc) is 3.42. The Morgan fingerprint density at radius 3 is 2.62 bits per heavy atom. The van der Waals surface area contributed by atoms with Crippen molar-refractivity contribution >= 4 is 28.0 Å². The third-order valence-electron chi connectivity index (χ3n) is 6.14. The largest absolute Gasteiger partial charge is 0.454 e. The van der Waals surface area contributed by atoms with Gasteiger partial charge in [0.1, 0.15) is 0 Å². The van der Waals surface area contributed by atoms with Crippen LogP contribution in [-0.4, -0.2) is 27.2 Å². The van der Waals surface area contributed by atoms with Gasteiger partial charge in [0.2, 0.25) is 6.79 Å². The lowest BCUT2D eigenvalue weighted by Crippen LogP contribution is -2.32. The first-order chi connectivity index (χ1) is 16.6. The van der Waals surface area contributed by atoms with Crippen molar-refractivity contribution in [1.29, 1.82) is 0 Å². The molecule has 168 valence electrons. The van der Waals surface area contributed by atoms with Crippen molar-refractivity contribution in [1.82, 2.24) is 14.2 Å². The third-order valence-corrected chi connectivity index (χ3v) is 6.14. The zero-order chi connectivity index (χ0) is 23.2. The molecule has 3 heterocycles. The van der Waals surface area contributed by atoms with E-state index < -0.39 is 11.2 Å². The van der Waals surface area contributed by atoms with Crippen LogP contribution in [0.5, 0.6) is 11.5 Å². The van der Waals surface area contributed by atoms with E-state index in [1.54, 1.807) is 30.5 Å². The molecular formula is C26H20N4O4. The lowest BCUT2D eigenvalue weighted by molar-refractivity contribution is 0.174. The molecule has 0 bridgehead atoms. The van der Waals surface area contributed by atoms with Crippen molar-refractivity contribution in [2.75, 3.05) is 6.79 Å². The standard InChI is InChI=1S/C26H20N4O4/c1-16-20(13-27-30-25(31)19-7-2-4-8-21(19)28-26(30)32)18-6-3-5-9-22(18)29(16)14-17-10-11-23-24(12-17)34-15-33-23/h2-13H,14-15H2,1H3,(H,28,32). The van der Waals surface area contributed by atoms with Crippen LogP contribution in [0.4, 0.5) is 0 Å². The summed E-state index contributed by atoms with van der Waals surface area (Å²) in [6.45, 7) is 2.85. The van der Waals surface area contributed by atoms with Crippen LogP contribution >= 0.6 is 0 Å². The summed E-state index contributed by atoms with van der Waals surface area (Å²) in [4.78, 5) is 28.1. The number of aromatic nitrogens is 3. The van der Waals surface area contributed by atoms with E-state index in [2.05, 4.69) is 14.7 Å². The molecule has 0 radical (unpaired) electrons. The molecule has 3 aromatic carbocycles. The van der Waals surface area contributed by atoms with E-state index in [-0.39, 0.29) is 6.79 Å². The van der Waals surface area contributed by atoms with Gasteiger partial charge in [-0.2, -0.15) is 5.10 Å². The van der Waals surface area contributed by atoms with E-state index in [4.69, 9.17) is 9.47 Å². The number of aromatic amines is 1. The highest BCUT2D eigenvalue weighted by molar-refractivity contribution is 6.01. The number of hydrogen-bond acceptors (Lipinski definition) is 5. The fourth-order valence-corrected chi connectivity index (χ4v) is 4.42. The second-order valence-corrected chi connectivity index (χ2v) is 8.13. The van der Waals surface area contributed by atoms with Gasteiger partial charge in [0.05, 0.1) is 17.1 Å². The second-order valence-electron chi connectivity index (χ2n) is 8.13. The maximum Gasteiger partial charge on any atom is 0.349 e. The molecule has 2 aromatic heterocycles. The van der Waals surface area contributed by atoms with Crippen LogP contribution in [0.3, 0.4) is 0 Å². The van der Waals surface area contributed by atoms with Gasteiger partial charge in [-0.25, -0.2) is 4.79 Å². The highest BCUT2D eigenvalue weighted by atomic mass is 16.7. The summed E-state index contributed by atoms with van der Waals surface area (Å²) >= 11 is 0. The fourth-order valence-electron chi connectivity index (χ4n) is 4.42. The Hall–Kier alpha value is -4.59. The van der Waals surface area contributed by atoms with Gasteiger partial charge < -0.3 is 19.0 Å². The van der Waals surface area contributed by atoms with Crippen LogP contribution < -0.4 is 20.7 Å². The van der Waals surface area contributed by atoms with Gasteiger partial charge >= 0.3 is 5.69 Å². The molecule has 34 heavy (non-hydrogen) atoms. The summed E-state index contributed by atoms with van der Waals surface area (Å²) in [6.07, 6.45) is 1.58. The Morgan fingerprint density at radius 1 is 0.971 bits per heavy atom. The Balaban J connectivity index is 1.45. The van der Waals surface area contributed by atoms with Crippen molar-refractivity contribution in [3.8, 4) is 11.5 Å². The third kappa shape index (κ3) is 3.19. The molecular weight excluding hydrogens is 432 g/mol. The van der Waals surface area contributed by atoms with Crippen molar-refractivity contribution in [3.63, 3.8) is 0 Å². The first-order valence-corrected chi connectivity index (χ1v) is 10.8. The average molecular weight is 452 g/mol. The Labute approximate surface area is 193 Å². The van der Waals surface area contributed by atoms with Gasteiger partial charge in [0, 0.05) is 28.7 Å². The van der Waals surface area contributed by atoms with Gasteiger partial charge in [-0.15, -0.1) is 4.68 Å².